The number of hydrogen-bond acceptors (Lipinski definition) is 4. The van der Waals surface area contributed by atoms with Gasteiger partial charge in [0.1, 0.15) is 11.6 Å². The van der Waals surface area contributed by atoms with Crippen LogP contribution in [0.15, 0.2) is 146 Å². The molecule has 194 valence electrons. The maximum Gasteiger partial charge on any atom is 0.137 e. The van der Waals surface area contributed by atoms with Crippen molar-refractivity contribution in [2.75, 3.05) is 4.90 Å². The number of para-hydroxylation sites is 2. The second kappa shape index (κ2) is 11.3. The van der Waals surface area contributed by atoms with Crippen molar-refractivity contribution < 1.29 is 5.11 Å². The summed E-state index contributed by atoms with van der Waals surface area (Å²) >= 11 is 0. The van der Waals surface area contributed by atoms with Gasteiger partial charge in [-0.3, -0.25) is 4.90 Å². The molecule has 0 radical (unpaired) electrons. The van der Waals surface area contributed by atoms with E-state index < -0.39 is 0 Å². The summed E-state index contributed by atoms with van der Waals surface area (Å²) in [5.74, 6) is 1.30. The minimum atomic E-state index is 0.215. The molecule has 2 heterocycles. The van der Waals surface area contributed by atoms with Gasteiger partial charge >= 0.3 is 0 Å². The average molecular weight is 520 g/mol. The number of rotatable bonds is 7. The van der Waals surface area contributed by atoms with E-state index in [0.29, 0.717) is 5.56 Å². The molecule has 1 unspecified atom stereocenters. The van der Waals surface area contributed by atoms with Gasteiger partial charge in [-0.2, -0.15) is 0 Å². The Balaban J connectivity index is 1.37. The summed E-state index contributed by atoms with van der Waals surface area (Å²) in [5.41, 5.74) is 7.68. The van der Waals surface area contributed by atoms with E-state index in [9.17, 15) is 5.11 Å². The van der Waals surface area contributed by atoms with E-state index in [-0.39, 0.29) is 11.7 Å². The largest absolute Gasteiger partial charge is 0.507 e. The van der Waals surface area contributed by atoms with Crippen LogP contribution in [0.1, 0.15) is 24.0 Å². The van der Waals surface area contributed by atoms with Crippen molar-refractivity contribution in [1.82, 2.24) is 9.97 Å². The molecular weight excluding hydrogens is 490 g/mol. The zero-order valence-corrected chi connectivity index (χ0v) is 22.2. The van der Waals surface area contributed by atoms with Crippen LogP contribution in [0.25, 0.3) is 22.5 Å². The molecule has 4 nitrogen and oxygen atoms in total. The number of aromatic hydroxyl groups is 1. The number of phenolic OH excluding ortho intramolecular Hbond substituents is 1. The van der Waals surface area contributed by atoms with Gasteiger partial charge < -0.3 is 5.11 Å². The molecular formula is C36H29N3O. The van der Waals surface area contributed by atoms with Gasteiger partial charge in [0.25, 0.3) is 0 Å². The first kappa shape index (κ1) is 25.1. The van der Waals surface area contributed by atoms with E-state index >= 15 is 0 Å². The molecule has 40 heavy (non-hydrogen) atoms. The predicted molar refractivity (Wildman–Crippen MR) is 163 cm³/mol. The fourth-order valence-corrected chi connectivity index (χ4v) is 4.95. The first-order valence-corrected chi connectivity index (χ1v) is 13.4. The number of benzene rings is 4. The summed E-state index contributed by atoms with van der Waals surface area (Å²) in [6.45, 7) is 2.21. The lowest BCUT2D eigenvalue weighted by atomic mass is 9.94. The summed E-state index contributed by atoms with van der Waals surface area (Å²) in [6.07, 6.45) is 1.98. The maximum absolute atomic E-state index is 10.4. The Labute approximate surface area is 234 Å². The van der Waals surface area contributed by atoms with E-state index in [1.807, 2.05) is 72.9 Å². The third-order valence-electron chi connectivity index (χ3n) is 7.14. The molecule has 0 aliphatic rings. The quantitative estimate of drug-likeness (QED) is 0.228. The van der Waals surface area contributed by atoms with Crippen molar-refractivity contribution in [3.63, 3.8) is 0 Å². The van der Waals surface area contributed by atoms with Crippen LogP contribution in [0.5, 0.6) is 5.75 Å². The smallest absolute Gasteiger partial charge is 0.137 e. The van der Waals surface area contributed by atoms with Gasteiger partial charge in [-0.05, 0) is 65.7 Å². The predicted octanol–water partition coefficient (Wildman–Crippen LogP) is 9.14. The number of hydrogen-bond donors (Lipinski definition) is 1. The molecule has 0 bridgehead atoms. The minimum Gasteiger partial charge on any atom is -0.507 e. The van der Waals surface area contributed by atoms with Gasteiger partial charge in [0.15, 0.2) is 0 Å². The van der Waals surface area contributed by atoms with Crippen LogP contribution in [0, 0.1) is 0 Å². The molecule has 0 aliphatic carbocycles. The number of pyridine rings is 2. The Bertz CT molecular complexity index is 1720. The van der Waals surface area contributed by atoms with Gasteiger partial charge in [-0.1, -0.05) is 91.9 Å². The molecule has 6 rings (SSSR count). The standard InChI is InChI=1S/C36H29N3O/c1-26(27-12-4-2-5-13-27)29-22-23-36(37-25-29)39(30-15-6-3-7-16-30)31-17-10-14-28(24-31)33-19-11-20-34(38-33)32-18-8-9-21-35(32)40/h2-26,40H,1H3. The minimum absolute atomic E-state index is 0.215. The van der Waals surface area contributed by atoms with Crippen LogP contribution in [0.4, 0.5) is 17.2 Å². The monoisotopic (exact) mass is 519 g/mol. The Morgan fingerprint density at radius 3 is 2.02 bits per heavy atom. The normalized spacial score (nSPS) is 11.6. The summed E-state index contributed by atoms with van der Waals surface area (Å²) < 4.78 is 0. The third-order valence-corrected chi connectivity index (χ3v) is 7.14. The van der Waals surface area contributed by atoms with Crippen molar-refractivity contribution in [3.05, 3.63) is 157 Å². The lowest BCUT2D eigenvalue weighted by Crippen LogP contribution is -2.12. The lowest BCUT2D eigenvalue weighted by Gasteiger charge is -2.25. The number of anilines is 3. The van der Waals surface area contributed by atoms with Crippen LogP contribution >= 0.6 is 0 Å². The second-order valence-corrected chi connectivity index (χ2v) is 9.73. The van der Waals surface area contributed by atoms with Gasteiger partial charge in [0.05, 0.1) is 11.4 Å². The van der Waals surface area contributed by atoms with E-state index in [1.165, 1.54) is 11.1 Å². The molecule has 6 aromatic rings. The molecule has 4 aromatic carbocycles. The molecule has 4 heteroatoms. The summed E-state index contributed by atoms with van der Waals surface area (Å²) in [7, 11) is 0. The Morgan fingerprint density at radius 2 is 1.27 bits per heavy atom. The Morgan fingerprint density at radius 1 is 0.600 bits per heavy atom. The highest BCUT2D eigenvalue weighted by atomic mass is 16.3. The molecule has 1 atom stereocenters. The maximum atomic E-state index is 10.4. The fourth-order valence-electron chi connectivity index (χ4n) is 4.95. The summed E-state index contributed by atoms with van der Waals surface area (Å²) in [4.78, 5) is 12.0. The first-order chi connectivity index (χ1) is 19.7. The Kier molecular flexibility index (Phi) is 7.06. The zero-order valence-electron chi connectivity index (χ0n) is 22.2. The van der Waals surface area contributed by atoms with Crippen LogP contribution < -0.4 is 4.90 Å². The van der Waals surface area contributed by atoms with Gasteiger partial charge in [-0.25, -0.2) is 9.97 Å². The van der Waals surface area contributed by atoms with Crippen LogP contribution in [0.2, 0.25) is 0 Å². The van der Waals surface area contributed by atoms with Crippen LogP contribution in [-0.4, -0.2) is 15.1 Å². The van der Waals surface area contributed by atoms with Gasteiger partial charge in [0, 0.05) is 34.6 Å². The van der Waals surface area contributed by atoms with Crippen molar-refractivity contribution in [3.8, 4) is 28.3 Å². The molecule has 0 fully saturated rings. The fraction of sp³-hybridized carbons (Fsp3) is 0.0556. The molecule has 2 aromatic heterocycles. The average Bonchev–Trinajstić information content (AvgIpc) is 3.03. The summed E-state index contributed by atoms with van der Waals surface area (Å²) in [5, 5.41) is 10.4. The highest BCUT2D eigenvalue weighted by molar-refractivity contribution is 5.78. The van der Waals surface area contributed by atoms with Crippen molar-refractivity contribution in [2.45, 2.75) is 12.8 Å². The molecule has 0 spiro atoms. The Hall–Kier alpha value is -5.22. The SMILES string of the molecule is CC(c1ccccc1)c1ccc(N(c2ccccc2)c2cccc(-c3cccc(-c4ccccc4O)n3)c2)nc1. The van der Waals surface area contributed by atoms with Crippen LogP contribution in [0.3, 0.4) is 0 Å². The van der Waals surface area contributed by atoms with Gasteiger partial charge in [-0.15, -0.1) is 0 Å². The van der Waals surface area contributed by atoms with Crippen molar-refractivity contribution >= 4 is 17.2 Å². The molecule has 1 N–H and O–H groups in total. The van der Waals surface area contributed by atoms with E-state index in [1.54, 1.807) is 6.07 Å². The highest BCUT2D eigenvalue weighted by Crippen LogP contribution is 2.36. The van der Waals surface area contributed by atoms with Crippen molar-refractivity contribution in [1.29, 1.82) is 0 Å². The molecule has 0 aliphatic heterocycles. The van der Waals surface area contributed by atoms with E-state index in [4.69, 9.17) is 9.97 Å². The highest BCUT2D eigenvalue weighted by Gasteiger charge is 2.16. The van der Waals surface area contributed by atoms with Crippen molar-refractivity contribution in [2.24, 2.45) is 0 Å². The molecule has 0 saturated heterocycles. The van der Waals surface area contributed by atoms with E-state index in [2.05, 4.69) is 78.6 Å². The lowest BCUT2D eigenvalue weighted by molar-refractivity contribution is 0.477. The van der Waals surface area contributed by atoms with E-state index in [0.717, 1.165) is 34.1 Å². The number of phenols is 1. The topological polar surface area (TPSA) is 49.2 Å². The third kappa shape index (κ3) is 5.20. The molecule has 0 saturated carbocycles. The summed E-state index contributed by atoms with van der Waals surface area (Å²) in [6, 6.07) is 46.5. The van der Waals surface area contributed by atoms with Gasteiger partial charge in [0.2, 0.25) is 0 Å². The number of aromatic nitrogens is 2. The second-order valence-electron chi connectivity index (χ2n) is 9.73. The van der Waals surface area contributed by atoms with Crippen LogP contribution in [-0.2, 0) is 0 Å². The molecule has 0 amide bonds. The zero-order chi connectivity index (χ0) is 27.3. The number of nitrogens with zero attached hydrogens (tertiary/aromatic N) is 3. The first-order valence-electron chi connectivity index (χ1n) is 13.4.